The molecule has 3 N–H and O–H groups in total. The average molecular weight is 939 g/mol. The zero-order valence-electron chi connectivity index (χ0n) is 36.9. The van der Waals surface area contributed by atoms with Gasteiger partial charge in [-0.15, -0.1) is 0 Å². The molecule has 1 amide bonds. The van der Waals surface area contributed by atoms with Crippen molar-refractivity contribution in [3.8, 4) is 11.5 Å². The smallest absolute Gasteiger partial charge is 0.293 e. The first-order valence-electron chi connectivity index (χ1n) is 22.3. The first-order valence-corrected chi connectivity index (χ1v) is 24.2. The Morgan fingerprint density at radius 3 is 2.50 bits per heavy atom. The number of allylic oxidation sites excluding steroid dienone is 1. The minimum Gasteiger partial charge on any atom is -0.455 e. The summed E-state index contributed by atoms with van der Waals surface area (Å²) in [6.45, 7) is 9.19. The van der Waals surface area contributed by atoms with Gasteiger partial charge in [-0.05, 0) is 115 Å². The van der Waals surface area contributed by atoms with Crippen molar-refractivity contribution in [2.24, 2.45) is 5.41 Å². The van der Waals surface area contributed by atoms with Gasteiger partial charge in [0.2, 0.25) is 0 Å². The highest BCUT2D eigenvalue weighted by Crippen LogP contribution is 2.44. The predicted molar refractivity (Wildman–Crippen MR) is 253 cm³/mol. The molecule has 3 aromatic carbocycles. The molecule has 5 aromatic rings. The first-order chi connectivity index (χ1) is 31.6. The van der Waals surface area contributed by atoms with E-state index in [4.69, 9.17) is 21.1 Å². The van der Waals surface area contributed by atoms with E-state index in [9.17, 15) is 23.3 Å². The van der Waals surface area contributed by atoms with Crippen LogP contribution in [-0.4, -0.2) is 103 Å². The second-order valence-corrected chi connectivity index (χ2v) is 20.8. The van der Waals surface area contributed by atoms with Crippen molar-refractivity contribution in [2.45, 2.75) is 69.0 Å². The summed E-state index contributed by atoms with van der Waals surface area (Å²) in [5.41, 5.74) is 4.49. The molecule has 0 bridgehead atoms. The molecule has 346 valence electrons. The molecule has 0 spiro atoms. The summed E-state index contributed by atoms with van der Waals surface area (Å²) in [6.07, 6.45) is 9.80. The number of piperidine rings is 1. The number of H-pyrrole nitrogens is 1. The highest BCUT2D eigenvalue weighted by Gasteiger charge is 2.39. The quantitative estimate of drug-likeness (QED) is 0.0716. The van der Waals surface area contributed by atoms with Crippen molar-refractivity contribution in [3.63, 3.8) is 0 Å². The Labute approximate surface area is 388 Å². The summed E-state index contributed by atoms with van der Waals surface area (Å²) in [5, 5.41) is 16.6. The van der Waals surface area contributed by atoms with Crippen LogP contribution in [0.25, 0.3) is 22.2 Å². The topological polar surface area (TPSA) is 172 Å². The van der Waals surface area contributed by atoms with Crippen LogP contribution in [0, 0.1) is 15.5 Å². The number of nitro benzene ring substituents is 1. The van der Waals surface area contributed by atoms with Crippen LogP contribution in [0.5, 0.6) is 11.5 Å². The van der Waals surface area contributed by atoms with Crippen LogP contribution in [-0.2, 0) is 14.8 Å². The van der Waals surface area contributed by atoms with E-state index in [1.54, 1.807) is 24.4 Å². The van der Waals surface area contributed by atoms with Gasteiger partial charge in [0.25, 0.3) is 21.6 Å². The summed E-state index contributed by atoms with van der Waals surface area (Å²) in [7, 11) is -4.65. The Morgan fingerprint density at radius 2 is 1.79 bits per heavy atom. The third kappa shape index (κ3) is 10.2. The number of nitro groups is 1. The van der Waals surface area contributed by atoms with Crippen molar-refractivity contribution in [3.05, 3.63) is 129 Å². The maximum Gasteiger partial charge on any atom is 0.293 e. The minimum atomic E-state index is -4.65. The lowest BCUT2D eigenvalue weighted by Gasteiger charge is -2.43. The number of fused-ring (bicyclic) bond motifs is 1. The number of alkyl halides is 1. The molecule has 9 rings (SSSR count). The molecular weight excluding hydrogens is 885 g/mol. The van der Waals surface area contributed by atoms with E-state index in [0.717, 1.165) is 72.5 Å². The number of anilines is 1. The van der Waals surface area contributed by atoms with E-state index in [0.29, 0.717) is 50.3 Å². The second kappa shape index (κ2) is 18.6. The normalized spacial score (nSPS) is 19.2. The number of hydrogen-bond donors (Lipinski definition) is 3. The number of pyridine rings is 1. The Balaban J connectivity index is 0.925. The molecule has 2 aromatic heterocycles. The number of sulfonamides is 1. The van der Waals surface area contributed by atoms with Crippen LogP contribution in [0.15, 0.2) is 102 Å². The molecule has 3 aliphatic heterocycles. The lowest BCUT2D eigenvalue weighted by molar-refractivity contribution is -0.384. The number of halogens is 2. The molecule has 0 unspecified atom stereocenters. The SMILES string of the molecule is CC1(C)CCC(CN2CC=C(c3ccc(C(=O)NS(=O)(=O)c4ccc(NCC5(F)CCN(C6COC6)CC5)c([N+](=O)[O-])c4)c(Oc4cnc5[nH]ccc5c4)c3)CC2)=C(c2ccc(Cl)cc2)C1. The zero-order chi connectivity index (χ0) is 46.2. The standard InChI is InChI=1S/C49H53ClFN7O7S/c1-48(2)15-11-36(42(26-48)33-3-6-37(50)7-4-33)28-56-19-13-32(14-20-56)34-5-9-41(45(24-34)65-39-23-35-12-18-52-46(35)53-27-39)47(59)55-66(62,63)40-8-10-43(44(25-40)58(60)61)54-31-49(51)16-21-57(22-17-49)38-29-64-30-38/h3-10,12-13,18,23-25,27,38,54H,11,14-17,19-22,26,28-31H2,1-2H3,(H,52,53)(H,55,59). The van der Waals surface area contributed by atoms with E-state index < -0.39 is 37.1 Å². The predicted octanol–water partition coefficient (Wildman–Crippen LogP) is 9.40. The lowest BCUT2D eigenvalue weighted by Crippen LogP contribution is -2.55. The number of nitrogens with one attached hydrogen (secondary N) is 3. The maximum atomic E-state index is 15.8. The van der Waals surface area contributed by atoms with Crippen LogP contribution in [0.3, 0.4) is 0 Å². The molecule has 4 aliphatic rings. The molecule has 0 saturated carbocycles. The molecule has 14 nitrogen and oxygen atoms in total. The number of amides is 1. The maximum absolute atomic E-state index is 15.8. The van der Waals surface area contributed by atoms with E-state index in [2.05, 4.69) is 61.9 Å². The van der Waals surface area contributed by atoms with Crippen molar-refractivity contribution in [2.75, 3.05) is 57.8 Å². The number of aromatic amines is 1. The molecule has 1 aliphatic carbocycles. The third-order valence-corrected chi connectivity index (χ3v) is 15.0. The van der Waals surface area contributed by atoms with Gasteiger partial charge in [0, 0.05) is 61.9 Å². The number of carbonyl (C=O) groups is 1. The lowest BCUT2D eigenvalue weighted by atomic mass is 9.72. The monoisotopic (exact) mass is 937 g/mol. The van der Waals surface area contributed by atoms with Crippen LogP contribution in [0.4, 0.5) is 15.8 Å². The van der Waals surface area contributed by atoms with Gasteiger partial charge in [0.05, 0.1) is 40.8 Å². The highest BCUT2D eigenvalue weighted by atomic mass is 35.5. The fourth-order valence-corrected chi connectivity index (χ4v) is 10.4. The van der Waals surface area contributed by atoms with Gasteiger partial charge in [-0.2, -0.15) is 0 Å². The average Bonchev–Trinajstić information content (AvgIpc) is 3.75. The third-order valence-electron chi connectivity index (χ3n) is 13.4. The molecule has 0 atom stereocenters. The molecular formula is C49H53ClFN7O7S. The van der Waals surface area contributed by atoms with Gasteiger partial charge in [-0.3, -0.25) is 24.7 Å². The van der Waals surface area contributed by atoms with Crippen LogP contribution < -0.4 is 14.8 Å². The summed E-state index contributed by atoms with van der Waals surface area (Å²) >= 11 is 6.24. The molecule has 0 radical (unpaired) electrons. The van der Waals surface area contributed by atoms with E-state index in [1.807, 2.05) is 18.2 Å². The number of hydrogen-bond acceptors (Lipinski definition) is 11. The summed E-state index contributed by atoms with van der Waals surface area (Å²) < 4.78 is 57.0. The molecule has 66 heavy (non-hydrogen) atoms. The van der Waals surface area contributed by atoms with Gasteiger partial charge < -0.3 is 19.8 Å². The summed E-state index contributed by atoms with van der Waals surface area (Å²) in [4.78, 5) is 37.0. The molecule has 5 heterocycles. The second-order valence-electron chi connectivity index (χ2n) is 18.6. The van der Waals surface area contributed by atoms with Crippen LogP contribution in [0.1, 0.15) is 73.9 Å². The van der Waals surface area contributed by atoms with E-state index >= 15 is 4.39 Å². The molecule has 2 saturated heterocycles. The zero-order valence-corrected chi connectivity index (χ0v) is 38.5. The van der Waals surface area contributed by atoms with Gasteiger partial charge >= 0.3 is 0 Å². The number of nitrogens with zero attached hydrogens (tertiary/aromatic N) is 4. The Morgan fingerprint density at radius 1 is 1.02 bits per heavy atom. The number of ether oxygens (including phenoxy) is 2. The largest absolute Gasteiger partial charge is 0.455 e. The number of benzene rings is 3. The number of rotatable bonds is 14. The van der Waals surface area contributed by atoms with Crippen LogP contribution in [0.2, 0.25) is 5.02 Å². The van der Waals surface area contributed by atoms with E-state index in [-0.39, 0.29) is 41.8 Å². The molecule has 2 fully saturated rings. The number of aromatic nitrogens is 2. The number of carbonyl (C=O) groups excluding carboxylic acids is 1. The first kappa shape index (κ1) is 45.5. The van der Waals surface area contributed by atoms with Crippen molar-refractivity contribution >= 4 is 61.1 Å². The van der Waals surface area contributed by atoms with Crippen LogP contribution >= 0.6 is 11.6 Å². The van der Waals surface area contributed by atoms with Gasteiger partial charge in [0.1, 0.15) is 28.5 Å². The fourth-order valence-electron chi connectivity index (χ4n) is 9.32. The van der Waals surface area contributed by atoms with Crippen molar-refractivity contribution < 1.29 is 32.0 Å². The van der Waals surface area contributed by atoms with Gasteiger partial charge in [-0.25, -0.2) is 22.5 Å². The summed E-state index contributed by atoms with van der Waals surface area (Å²) in [5.74, 6) is -0.575. The Hall–Kier alpha value is -5.65. The highest BCUT2D eigenvalue weighted by molar-refractivity contribution is 7.90. The fraction of sp³-hybridized carbons (Fsp3) is 0.388. The van der Waals surface area contributed by atoms with Crippen molar-refractivity contribution in [1.82, 2.24) is 24.5 Å². The Kier molecular flexibility index (Phi) is 12.8. The van der Waals surface area contributed by atoms with E-state index in [1.165, 1.54) is 35.0 Å². The molecule has 17 heteroatoms. The van der Waals surface area contributed by atoms with Crippen molar-refractivity contribution in [1.29, 1.82) is 0 Å². The van der Waals surface area contributed by atoms with Gasteiger partial charge in [-0.1, -0.05) is 55.3 Å². The summed E-state index contributed by atoms with van der Waals surface area (Å²) in [6, 6.07) is 20.3. The minimum absolute atomic E-state index is 0.0330. The van der Waals surface area contributed by atoms with Gasteiger partial charge in [0.15, 0.2) is 0 Å². The number of likely N-dealkylation sites (tertiary alicyclic amines) is 1. The Bertz CT molecular complexity index is 2840.